The summed E-state index contributed by atoms with van der Waals surface area (Å²) < 4.78 is 12.8. The predicted molar refractivity (Wildman–Crippen MR) is 97.9 cm³/mol. The first-order chi connectivity index (χ1) is 12.2. The molecule has 0 atom stereocenters. The van der Waals surface area contributed by atoms with Gasteiger partial charge in [-0.15, -0.1) is 0 Å². The Labute approximate surface area is 149 Å². The normalized spacial score (nSPS) is 10.6. The van der Waals surface area contributed by atoms with Gasteiger partial charge >= 0.3 is 0 Å². The van der Waals surface area contributed by atoms with Crippen LogP contribution in [0.5, 0.6) is 0 Å². The standard InChI is InChI=1S/C19H18FN3OS/c20-16-8-6-14(7-9-16)12-18(24)21-10-11-25-19-22-13-17(23-19)15-4-2-1-3-5-15/h1-9,13H,10-12H2,(H,21,24)(H,22,23). The van der Waals surface area contributed by atoms with Gasteiger partial charge < -0.3 is 10.3 Å². The third-order valence-electron chi connectivity index (χ3n) is 3.58. The molecule has 4 nitrogen and oxygen atoms in total. The number of hydrogen-bond acceptors (Lipinski definition) is 3. The van der Waals surface area contributed by atoms with Gasteiger partial charge in [0.05, 0.1) is 18.3 Å². The molecule has 6 heteroatoms. The van der Waals surface area contributed by atoms with Gasteiger partial charge in [-0.2, -0.15) is 0 Å². The number of nitrogens with zero attached hydrogens (tertiary/aromatic N) is 1. The van der Waals surface area contributed by atoms with Crippen molar-refractivity contribution in [3.8, 4) is 11.3 Å². The lowest BCUT2D eigenvalue weighted by molar-refractivity contribution is -0.120. The number of imidazole rings is 1. The molecule has 0 spiro atoms. The third kappa shape index (κ3) is 5.19. The lowest BCUT2D eigenvalue weighted by atomic mass is 10.1. The van der Waals surface area contributed by atoms with Crippen molar-refractivity contribution in [3.63, 3.8) is 0 Å². The average Bonchev–Trinajstić information content (AvgIpc) is 3.10. The number of benzene rings is 2. The molecule has 0 saturated carbocycles. The Bertz CT molecular complexity index is 818. The highest BCUT2D eigenvalue weighted by Gasteiger charge is 2.05. The summed E-state index contributed by atoms with van der Waals surface area (Å²) in [5.74, 6) is 0.349. The number of carbonyl (C=O) groups is 1. The van der Waals surface area contributed by atoms with Crippen molar-refractivity contribution in [2.24, 2.45) is 0 Å². The minimum absolute atomic E-state index is 0.0726. The highest BCUT2D eigenvalue weighted by Crippen LogP contribution is 2.20. The molecular weight excluding hydrogens is 337 g/mol. The first-order valence-corrected chi connectivity index (χ1v) is 8.93. The van der Waals surface area contributed by atoms with Gasteiger partial charge in [-0.3, -0.25) is 4.79 Å². The van der Waals surface area contributed by atoms with Crippen LogP contribution in [0.25, 0.3) is 11.3 Å². The molecule has 3 aromatic rings. The minimum Gasteiger partial charge on any atom is -0.355 e. The van der Waals surface area contributed by atoms with Gasteiger partial charge in [-0.25, -0.2) is 9.37 Å². The van der Waals surface area contributed by atoms with E-state index in [-0.39, 0.29) is 18.1 Å². The molecule has 2 aromatic carbocycles. The van der Waals surface area contributed by atoms with Crippen LogP contribution in [-0.4, -0.2) is 28.2 Å². The molecule has 0 aliphatic carbocycles. The van der Waals surface area contributed by atoms with Crippen molar-refractivity contribution >= 4 is 17.7 Å². The van der Waals surface area contributed by atoms with Gasteiger partial charge in [0.2, 0.25) is 5.91 Å². The second kappa shape index (κ2) is 8.48. The summed E-state index contributed by atoms with van der Waals surface area (Å²) in [7, 11) is 0. The van der Waals surface area contributed by atoms with Crippen LogP contribution in [0.15, 0.2) is 66.0 Å². The molecule has 0 fully saturated rings. The number of aromatic amines is 1. The quantitative estimate of drug-likeness (QED) is 0.502. The number of halogens is 1. The van der Waals surface area contributed by atoms with Crippen LogP contribution >= 0.6 is 11.8 Å². The maximum absolute atomic E-state index is 12.8. The first-order valence-electron chi connectivity index (χ1n) is 7.95. The molecule has 1 amide bonds. The zero-order valence-electron chi connectivity index (χ0n) is 13.5. The topological polar surface area (TPSA) is 57.8 Å². The molecule has 2 N–H and O–H groups in total. The van der Waals surface area contributed by atoms with Crippen molar-refractivity contribution < 1.29 is 9.18 Å². The zero-order chi connectivity index (χ0) is 17.5. The monoisotopic (exact) mass is 355 g/mol. The molecule has 0 unspecified atom stereocenters. The maximum Gasteiger partial charge on any atom is 0.224 e. The Balaban J connectivity index is 1.40. The van der Waals surface area contributed by atoms with E-state index in [1.807, 2.05) is 36.5 Å². The highest BCUT2D eigenvalue weighted by atomic mass is 32.2. The SMILES string of the molecule is O=C(Cc1ccc(F)cc1)NCCSc1ncc(-c2ccccc2)[nH]1. The van der Waals surface area contributed by atoms with Crippen LogP contribution in [0.3, 0.4) is 0 Å². The summed E-state index contributed by atoms with van der Waals surface area (Å²) in [6, 6.07) is 16.0. The van der Waals surface area contributed by atoms with Crippen LogP contribution in [-0.2, 0) is 11.2 Å². The molecule has 1 aromatic heterocycles. The third-order valence-corrected chi connectivity index (χ3v) is 4.47. The number of carbonyl (C=O) groups excluding carboxylic acids is 1. The van der Waals surface area contributed by atoms with E-state index in [1.54, 1.807) is 23.9 Å². The van der Waals surface area contributed by atoms with E-state index < -0.39 is 0 Å². The summed E-state index contributed by atoms with van der Waals surface area (Å²) >= 11 is 1.56. The summed E-state index contributed by atoms with van der Waals surface area (Å²) in [5, 5.41) is 3.68. The Kier molecular flexibility index (Phi) is 5.85. The molecule has 128 valence electrons. The van der Waals surface area contributed by atoms with E-state index in [0.29, 0.717) is 6.54 Å². The van der Waals surface area contributed by atoms with Crippen LogP contribution in [0.1, 0.15) is 5.56 Å². The van der Waals surface area contributed by atoms with Gasteiger partial charge in [-0.1, -0.05) is 54.2 Å². The van der Waals surface area contributed by atoms with Crippen LogP contribution < -0.4 is 5.32 Å². The molecule has 3 rings (SSSR count). The van der Waals surface area contributed by atoms with E-state index in [1.165, 1.54) is 12.1 Å². The lowest BCUT2D eigenvalue weighted by Crippen LogP contribution is -2.27. The van der Waals surface area contributed by atoms with Gasteiger partial charge in [0.25, 0.3) is 0 Å². The fourth-order valence-corrected chi connectivity index (χ4v) is 3.04. The zero-order valence-corrected chi connectivity index (χ0v) is 14.4. The number of amides is 1. The van der Waals surface area contributed by atoms with Crippen molar-refractivity contribution in [1.82, 2.24) is 15.3 Å². The smallest absolute Gasteiger partial charge is 0.224 e. The largest absolute Gasteiger partial charge is 0.355 e. The van der Waals surface area contributed by atoms with E-state index in [2.05, 4.69) is 15.3 Å². The fourth-order valence-electron chi connectivity index (χ4n) is 2.33. The minimum atomic E-state index is -0.297. The van der Waals surface area contributed by atoms with Crippen molar-refractivity contribution in [1.29, 1.82) is 0 Å². The van der Waals surface area contributed by atoms with Gasteiger partial charge in [0, 0.05) is 12.3 Å². The molecule has 0 aliphatic heterocycles. The number of rotatable bonds is 7. The molecule has 0 radical (unpaired) electrons. The number of nitrogens with one attached hydrogen (secondary N) is 2. The first kappa shape index (κ1) is 17.2. The van der Waals surface area contributed by atoms with E-state index >= 15 is 0 Å². The second-order valence-electron chi connectivity index (χ2n) is 5.47. The fraction of sp³-hybridized carbons (Fsp3) is 0.158. The second-order valence-corrected chi connectivity index (χ2v) is 6.55. The number of thioether (sulfide) groups is 1. The van der Waals surface area contributed by atoms with Gasteiger partial charge in [0.1, 0.15) is 5.82 Å². The van der Waals surface area contributed by atoms with E-state index in [4.69, 9.17) is 0 Å². The van der Waals surface area contributed by atoms with E-state index in [0.717, 1.165) is 27.7 Å². The van der Waals surface area contributed by atoms with Crippen LogP contribution in [0, 0.1) is 5.82 Å². The summed E-state index contributed by atoms with van der Waals surface area (Å²) in [6.45, 7) is 0.548. The van der Waals surface area contributed by atoms with Crippen molar-refractivity contribution in [2.45, 2.75) is 11.6 Å². The summed E-state index contributed by atoms with van der Waals surface area (Å²) in [4.78, 5) is 19.5. The molecule has 25 heavy (non-hydrogen) atoms. The maximum atomic E-state index is 12.8. The van der Waals surface area contributed by atoms with Crippen LogP contribution in [0.4, 0.5) is 4.39 Å². The van der Waals surface area contributed by atoms with Crippen molar-refractivity contribution in [2.75, 3.05) is 12.3 Å². The predicted octanol–water partition coefficient (Wildman–Crippen LogP) is 3.67. The average molecular weight is 355 g/mol. The Morgan fingerprint density at radius 2 is 1.88 bits per heavy atom. The molecular formula is C19H18FN3OS. The number of aromatic nitrogens is 2. The Hall–Kier alpha value is -2.60. The van der Waals surface area contributed by atoms with Crippen molar-refractivity contribution in [3.05, 3.63) is 72.2 Å². The Morgan fingerprint density at radius 1 is 1.12 bits per heavy atom. The van der Waals surface area contributed by atoms with E-state index in [9.17, 15) is 9.18 Å². The lowest BCUT2D eigenvalue weighted by Gasteiger charge is -2.04. The molecule has 0 aliphatic rings. The molecule has 1 heterocycles. The molecule has 0 saturated heterocycles. The highest BCUT2D eigenvalue weighted by molar-refractivity contribution is 7.99. The number of hydrogen-bond donors (Lipinski definition) is 2. The van der Waals surface area contributed by atoms with Crippen LogP contribution in [0.2, 0.25) is 0 Å². The summed E-state index contributed by atoms with van der Waals surface area (Å²) in [5.41, 5.74) is 2.86. The van der Waals surface area contributed by atoms with Gasteiger partial charge in [0.15, 0.2) is 5.16 Å². The molecule has 0 bridgehead atoms. The number of H-pyrrole nitrogens is 1. The Morgan fingerprint density at radius 3 is 2.64 bits per heavy atom. The summed E-state index contributed by atoms with van der Waals surface area (Å²) in [6.07, 6.45) is 2.06. The van der Waals surface area contributed by atoms with Gasteiger partial charge in [-0.05, 0) is 23.3 Å².